The second-order valence-corrected chi connectivity index (χ2v) is 3.54. The summed E-state index contributed by atoms with van der Waals surface area (Å²) in [5.41, 5.74) is -0.225. The SMILES string of the molecule is Fc1ccc2[nH]c(CBr)nc2c1C(F)F. The molecule has 0 radical (unpaired) electrons. The highest BCUT2D eigenvalue weighted by Gasteiger charge is 2.19. The highest BCUT2D eigenvalue weighted by molar-refractivity contribution is 9.08. The Morgan fingerprint density at radius 1 is 1.40 bits per heavy atom. The van der Waals surface area contributed by atoms with E-state index in [0.29, 0.717) is 16.7 Å². The van der Waals surface area contributed by atoms with Gasteiger partial charge in [0, 0.05) is 0 Å². The molecule has 0 amide bonds. The Labute approximate surface area is 91.6 Å². The van der Waals surface area contributed by atoms with Crippen molar-refractivity contribution in [3.8, 4) is 0 Å². The summed E-state index contributed by atoms with van der Waals surface area (Å²) in [6.07, 6.45) is -2.86. The molecule has 0 saturated carbocycles. The molecule has 1 aromatic carbocycles. The van der Waals surface area contributed by atoms with Gasteiger partial charge in [-0.25, -0.2) is 18.2 Å². The fourth-order valence-corrected chi connectivity index (χ4v) is 1.66. The lowest BCUT2D eigenvalue weighted by Gasteiger charge is -2.01. The molecule has 0 unspecified atom stereocenters. The number of halogens is 4. The van der Waals surface area contributed by atoms with E-state index in [0.717, 1.165) is 6.07 Å². The zero-order chi connectivity index (χ0) is 11.0. The van der Waals surface area contributed by atoms with Crippen molar-refractivity contribution in [2.24, 2.45) is 0 Å². The van der Waals surface area contributed by atoms with Crippen LogP contribution in [0, 0.1) is 5.82 Å². The van der Waals surface area contributed by atoms with Gasteiger partial charge in [0.15, 0.2) is 0 Å². The van der Waals surface area contributed by atoms with Crippen molar-refractivity contribution in [3.63, 3.8) is 0 Å². The number of rotatable bonds is 2. The molecule has 15 heavy (non-hydrogen) atoms. The van der Waals surface area contributed by atoms with Gasteiger partial charge < -0.3 is 4.98 Å². The molecule has 1 N–H and O–H groups in total. The highest BCUT2D eigenvalue weighted by atomic mass is 79.9. The molecule has 1 heterocycles. The summed E-state index contributed by atoms with van der Waals surface area (Å²) in [6.45, 7) is 0. The molecule has 0 spiro atoms. The third kappa shape index (κ3) is 1.73. The molecule has 0 saturated heterocycles. The van der Waals surface area contributed by atoms with E-state index in [-0.39, 0.29) is 5.52 Å². The second kappa shape index (κ2) is 3.84. The Morgan fingerprint density at radius 3 is 2.73 bits per heavy atom. The average Bonchev–Trinajstić information content (AvgIpc) is 2.59. The number of aromatic amines is 1. The number of fused-ring (bicyclic) bond motifs is 1. The van der Waals surface area contributed by atoms with E-state index < -0.39 is 17.8 Å². The molecule has 2 nitrogen and oxygen atoms in total. The number of nitrogens with one attached hydrogen (secondary N) is 1. The first-order valence-electron chi connectivity index (χ1n) is 4.14. The maximum atomic E-state index is 13.1. The standard InChI is InChI=1S/C9H6BrF3N2/c10-3-6-14-5-2-1-4(11)7(9(12)13)8(5)15-6/h1-2,9H,3H2,(H,14,15). The van der Waals surface area contributed by atoms with Crippen LogP contribution < -0.4 is 0 Å². The van der Waals surface area contributed by atoms with Crippen molar-refractivity contribution in [1.82, 2.24) is 9.97 Å². The third-order valence-electron chi connectivity index (χ3n) is 2.03. The molecule has 0 aliphatic carbocycles. The van der Waals surface area contributed by atoms with Crippen LogP contribution in [0.5, 0.6) is 0 Å². The molecule has 80 valence electrons. The molecule has 0 atom stereocenters. The van der Waals surface area contributed by atoms with Gasteiger partial charge in [0.1, 0.15) is 17.2 Å². The number of hydrogen-bond acceptors (Lipinski definition) is 1. The van der Waals surface area contributed by atoms with E-state index in [1.54, 1.807) is 0 Å². The molecule has 0 fully saturated rings. The normalized spacial score (nSPS) is 11.5. The van der Waals surface area contributed by atoms with E-state index >= 15 is 0 Å². The van der Waals surface area contributed by atoms with Crippen LogP contribution in [0.3, 0.4) is 0 Å². The molecule has 0 aliphatic heterocycles. The van der Waals surface area contributed by atoms with Crippen molar-refractivity contribution in [2.75, 3.05) is 0 Å². The molecule has 2 aromatic rings. The maximum absolute atomic E-state index is 13.1. The molecular formula is C9H6BrF3N2. The molecule has 1 aromatic heterocycles. The Bertz CT molecular complexity index is 495. The van der Waals surface area contributed by atoms with Crippen LogP contribution in [-0.2, 0) is 5.33 Å². The topological polar surface area (TPSA) is 28.7 Å². The number of aromatic nitrogens is 2. The number of imidazole rings is 1. The van der Waals surface area contributed by atoms with Crippen molar-refractivity contribution in [3.05, 3.63) is 29.3 Å². The van der Waals surface area contributed by atoms with E-state index in [2.05, 4.69) is 25.9 Å². The quantitative estimate of drug-likeness (QED) is 0.837. The summed E-state index contributed by atoms with van der Waals surface area (Å²) in [5.74, 6) is -0.428. The van der Waals surface area contributed by atoms with E-state index in [1.165, 1.54) is 6.07 Å². The van der Waals surface area contributed by atoms with Crippen LogP contribution >= 0.6 is 15.9 Å². The van der Waals surface area contributed by atoms with Crippen molar-refractivity contribution < 1.29 is 13.2 Å². The Kier molecular flexibility index (Phi) is 2.68. The summed E-state index contributed by atoms with van der Waals surface area (Å²) in [5, 5.41) is 0.409. The van der Waals surface area contributed by atoms with E-state index in [9.17, 15) is 13.2 Å². The first-order valence-corrected chi connectivity index (χ1v) is 5.26. The van der Waals surface area contributed by atoms with Gasteiger partial charge in [0.05, 0.1) is 16.4 Å². The number of benzene rings is 1. The predicted molar refractivity (Wildman–Crippen MR) is 53.6 cm³/mol. The summed E-state index contributed by atoms with van der Waals surface area (Å²) in [6, 6.07) is 2.41. The van der Waals surface area contributed by atoms with Gasteiger partial charge >= 0.3 is 0 Å². The van der Waals surface area contributed by atoms with Crippen molar-refractivity contribution >= 4 is 27.0 Å². The third-order valence-corrected chi connectivity index (χ3v) is 2.57. The lowest BCUT2D eigenvalue weighted by Crippen LogP contribution is -1.92. The number of H-pyrrole nitrogens is 1. The first kappa shape index (κ1) is 10.5. The van der Waals surface area contributed by atoms with Crippen LogP contribution in [0.2, 0.25) is 0 Å². The van der Waals surface area contributed by atoms with Gasteiger partial charge in [0.2, 0.25) is 0 Å². The summed E-state index contributed by atoms with van der Waals surface area (Å²) >= 11 is 3.14. The van der Waals surface area contributed by atoms with Crippen molar-refractivity contribution in [1.29, 1.82) is 0 Å². The second-order valence-electron chi connectivity index (χ2n) is 2.98. The minimum atomic E-state index is -2.86. The lowest BCUT2D eigenvalue weighted by atomic mass is 10.2. The van der Waals surface area contributed by atoms with Gasteiger partial charge in [-0.2, -0.15) is 0 Å². The zero-order valence-electron chi connectivity index (χ0n) is 7.40. The monoisotopic (exact) mass is 278 g/mol. The first-order chi connectivity index (χ1) is 7.13. The fourth-order valence-electron chi connectivity index (χ4n) is 1.39. The largest absolute Gasteiger partial charge is 0.341 e. The summed E-state index contributed by atoms with van der Waals surface area (Å²) in [4.78, 5) is 6.70. The maximum Gasteiger partial charge on any atom is 0.268 e. The Morgan fingerprint density at radius 2 is 2.13 bits per heavy atom. The fraction of sp³-hybridized carbons (Fsp3) is 0.222. The molecule has 0 aliphatic rings. The smallest absolute Gasteiger partial charge is 0.268 e. The van der Waals surface area contributed by atoms with Gasteiger partial charge in [0.25, 0.3) is 6.43 Å². The van der Waals surface area contributed by atoms with E-state index in [1.807, 2.05) is 0 Å². The Hall–Kier alpha value is -1.04. The summed E-state index contributed by atoms with van der Waals surface area (Å²) < 4.78 is 38.3. The van der Waals surface area contributed by atoms with Crippen molar-refractivity contribution in [2.45, 2.75) is 11.8 Å². The molecule has 6 heteroatoms. The zero-order valence-corrected chi connectivity index (χ0v) is 8.98. The number of nitrogens with zero attached hydrogens (tertiary/aromatic N) is 1. The highest BCUT2D eigenvalue weighted by Crippen LogP contribution is 2.29. The van der Waals surface area contributed by atoms with Crippen LogP contribution in [0.25, 0.3) is 11.0 Å². The molecular weight excluding hydrogens is 273 g/mol. The Balaban J connectivity index is 2.74. The minimum absolute atomic E-state index is 0.000509. The van der Waals surface area contributed by atoms with Crippen LogP contribution in [-0.4, -0.2) is 9.97 Å². The van der Waals surface area contributed by atoms with Gasteiger partial charge in [-0.05, 0) is 12.1 Å². The average molecular weight is 279 g/mol. The van der Waals surface area contributed by atoms with Crippen LogP contribution in [0.15, 0.2) is 12.1 Å². The van der Waals surface area contributed by atoms with Gasteiger partial charge in [-0.3, -0.25) is 0 Å². The number of alkyl halides is 3. The minimum Gasteiger partial charge on any atom is -0.341 e. The molecule has 2 rings (SSSR count). The van der Waals surface area contributed by atoms with Crippen LogP contribution in [0.1, 0.15) is 17.8 Å². The van der Waals surface area contributed by atoms with Crippen LogP contribution in [0.4, 0.5) is 13.2 Å². The molecule has 0 bridgehead atoms. The van der Waals surface area contributed by atoms with Gasteiger partial charge in [-0.1, -0.05) is 15.9 Å². The van der Waals surface area contributed by atoms with Gasteiger partial charge in [-0.15, -0.1) is 0 Å². The lowest BCUT2D eigenvalue weighted by molar-refractivity contribution is 0.148. The predicted octanol–water partition coefficient (Wildman–Crippen LogP) is 3.53. The number of hydrogen-bond donors (Lipinski definition) is 1. The summed E-state index contributed by atoms with van der Waals surface area (Å²) in [7, 11) is 0. The van der Waals surface area contributed by atoms with E-state index in [4.69, 9.17) is 0 Å².